The van der Waals surface area contributed by atoms with E-state index in [9.17, 15) is 0 Å². The first-order valence-electron chi connectivity index (χ1n) is 4.99. The summed E-state index contributed by atoms with van der Waals surface area (Å²) in [6.07, 6.45) is 6.43. The minimum Gasteiger partial charge on any atom is -0.316 e. The third-order valence-corrected chi connectivity index (χ3v) is 2.86. The summed E-state index contributed by atoms with van der Waals surface area (Å²) in [7, 11) is 0. The van der Waals surface area contributed by atoms with Gasteiger partial charge in [0.05, 0.1) is 0 Å². The van der Waals surface area contributed by atoms with Crippen LogP contribution in [0.15, 0.2) is 24.5 Å². The van der Waals surface area contributed by atoms with Gasteiger partial charge in [-0.25, -0.2) is 0 Å². The summed E-state index contributed by atoms with van der Waals surface area (Å²) in [6.45, 7) is 4.34. The van der Waals surface area contributed by atoms with Crippen LogP contribution in [0.5, 0.6) is 0 Å². The van der Waals surface area contributed by atoms with Crippen LogP contribution in [0.1, 0.15) is 25.3 Å². The van der Waals surface area contributed by atoms with E-state index < -0.39 is 0 Å². The van der Waals surface area contributed by atoms with Crippen molar-refractivity contribution in [2.45, 2.75) is 25.2 Å². The van der Waals surface area contributed by atoms with Gasteiger partial charge >= 0.3 is 0 Å². The fourth-order valence-corrected chi connectivity index (χ4v) is 1.79. The maximum absolute atomic E-state index is 4.05. The first-order valence-corrected chi connectivity index (χ1v) is 4.99. The van der Waals surface area contributed by atoms with Gasteiger partial charge in [0.25, 0.3) is 0 Å². The number of likely N-dealkylation sites (N-methyl/N-ethyl adjacent to an activating group) is 1. The highest BCUT2D eigenvalue weighted by Gasteiger charge is 2.43. The minimum atomic E-state index is 0.443. The fourth-order valence-electron chi connectivity index (χ4n) is 1.79. The topological polar surface area (TPSA) is 24.9 Å². The summed E-state index contributed by atoms with van der Waals surface area (Å²) in [5.74, 6) is 0. The molecule has 1 fully saturated rings. The summed E-state index contributed by atoms with van der Waals surface area (Å²) in [5.41, 5.74) is 1.89. The van der Waals surface area contributed by atoms with Crippen molar-refractivity contribution >= 4 is 0 Å². The molecule has 0 radical (unpaired) electrons. The average molecular weight is 176 g/mol. The lowest BCUT2D eigenvalue weighted by Crippen LogP contribution is -2.26. The Labute approximate surface area is 79.4 Å². The zero-order valence-electron chi connectivity index (χ0n) is 8.09. The molecule has 1 aliphatic rings. The normalized spacial score (nSPS) is 18.5. The van der Waals surface area contributed by atoms with E-state index in [4.69, 9.17) is 0 Å². The van der Waals surface area contributed by atoms with E-state index in [1.54, 1.807) is 0 Å². The molecular formula is C11H16N2. The zero-order chi connectivity index (χ0) is 9.15. The van der Waals surface area contributed by atoms with Gasteiger partial charge in [-0.05, 0) is 37.1 Å². The summed E-state index contributed by atoms with van der Waals surface area (Å²) < 4.78 is 0. The van der Waals surface area contributed by atoms with Gasteiger partial charge in [-0.2, -0.15) is 0 Å². The average Bonchev–Trinajstić information content (AvgIpc) is 2.97. The van der Waals surface area contributed by atoms with Crippen LogP contribution >= 0.6 is 0 Å². The first-order chi connectivity index (χ1) is 6.37. The second-order valence-electron chi connectivity index (χ2n) is 3.80. The Hall–Kier alpha value is -0.890. The van der Waals surface area contributed by atoms with Gasteiger partial charge in [0.15, 0.2) is 0 Å². The maximum Gasteiger partial charge on any atom is 0.0270 e. The summed E-state index contributed by atoms with van der Waals surface area (Å²) >= 11 is 0. The molecular weight excluding hydrogens is 160 g/mol. The Balaban J connectivity index is 2.07. The molecule has 1 heterocycles. The third-order valence-electron chi connectivity index (χ3n) is 2.86. The SMILES string of the molecule is CCNCC1(c2ccncc2)CC1. The lowest BCUT2D eigenvalue weighted by molar-refractivity contribution is 0.590. The standard InChI is InChI=1S/C11H16N2/c1-2-12-9-11(5-6-11)10-3-7-13-8-4-10/h3-4,7-8,12H,2,5-6,9H2,1H3. The molecule has 0 spiro atoms. The van der Waals surface area contributed by atoms with Crippen molar-refractivity contribution in [3.63, 3.8) is 0 Å². The Bertz CT molecular complexity index is 265. The number of pyridine rings is 1. The van der Waals surface area contributed by atoms with E-state index in [0.29, 0.717) is 5.41 Å². The molecule has 70 valence electrons. The molecule has 1 aliphatic carbocycles. The van der Waals surface area contributed by atoms with E-state index in [0.717, 1.165) is 13.1 Å². The Morgan fingerprint density at radius 1 is 1.38 bits per heavy atom. The van der Waals surface area contributed by atoms with Crippen molar-refractivity contribution in [1.29, 1.82) is 0 Å². The molecule has 0 amide bonds. The molecule has 0 saturated heterocycles. The molecule has 1 aromatic rings. The molecule has 1 saturated carbocycles. The van der Waals surface area contributed by atoms with Crippen LogP contribution in [0.25, 0.3) is 0 Å². The number of nitrogens with zero attached hydrogens (tertiary/aromatic N) is 1. The van der Waals surface area contributed by atoms with Crippen LogP contribution in [0.3, 0.4) is 0 Å². The highest BCUT2D eigenvalue weighted by molar-refractivity contribution is 5.29. The highest BCUT2D eigenvalue weighted by atomic mass is 14.9. The molecule has 2 nitrogen and oxygen atoms in total. The van der Waals surface area contributed by atoms with Gasteiger partial charge in [0.1, 0.15) is 0 Å². The van der Waals surface area contributed by atoms with Crippen molar-refractivity contribution in [3.05, 3.63) is 30.1 Å². The van der Waals surface area contributed by atoms with E-state index in [-0.39, 0.29) is 0 Å². The van der Waals surface area contributed by atoms with Crippen molar-refractivity contribution in [2.75, 3.05) is 13.1 Å². The molecule has 0 bridgehead atoms. The summed E-state index contributed by atoms with van der Waals surface area (Å²) in [5, 5.41) is 3.43. The second-order valence-corrected chi connectivity index (χ2v) is 3.80. The molecule has 1 aromatic heterocycles. The van der Waals surface area contributed by atoms with Gasteiger partial charge in [0.2, 0.25) is 0 Å². The van der Waals surface area contributed by atoms with E-state index in [1.165, 1.54) is 18.4 Å². The van der Waals surface area contributed by atoms with Gasteiger partial charge in [-0.15, -0.1) is 0 Å². The molecule has 13 heavy (non-hydrogen) atoms. The molecule has 2 heteroatoms. The molecule has 0 aliphatic heterocycles. The van der Waals surface area contributed by atoms with Gasteiger partial charge in [0, 0.05) is 24.4 Å². The van der Waals surface area contributed by atoms with Crippen LogP contribution in [0.4, 0.5) is 0 Å². The zero-order valence-corrected chi connectivity index (χ0v) is 8.09. The van der Waals surface area contributed by atoms with E-state index in [1.807, 2.05) is 12.4 Å². The Kier molecular flexibility index (Phi) is 2.32. The van der Waals surface area contributed by atoms with Crippen LogP contribution in [-0.4, -0.2) is 18.1 Å². The van der Waals surface area contributed by atoms with Crippen molar-refractivity contribution in [3.8, 4) is 0 Å². The van der Waals surface area contributed by atoms with Crippen molar-refractivity contribution < 1.29 is 0 Å². The van der Waals surface area contributed by atoms with Crippen molar-refractivity contribution in [2.24, 2.45) is 0 Å². The lowest BCUT2D eigenvalue weighted by atomic mass is 9.97. The third kappa shape index (κ3) is 1.73. The largest absolute Gasteiger partial charge is 0.316 e. The van der Waals surface area contributed by atoms with Crippen LogP contribution in [-0.2, 0) is 5.41 Å². The van der Waals surface area contributed by atoms with E-state index in [2.05, 4.69) is 29.4 Å². The van der Waals surface area contributed by atoms with Gasteiger partial charge in [-0.3, -0.25) is 4.98 Å². The number of aromatic nitrogens is 1. The Morgan fingerprint density at radius 2 is 2.08 bits per heavy atom. The maximum atomic E-state index is 4.05. The molecule has 1 N–H and O–H groups in total. The summed E-state index contributed by atoms with van der Waals surface area (Å²) in [4.78, 5) is 4.05. The van der Waals surface area contributed by atoms with E-state index >= 15 is 0 Å². The van der Waals surface area contributed by atoms with Gasteiger partial charge in [-0.1, -0.05) is 6.92 Å². The predicted molar refractivity (Wildman–Crippen MR) is 53.7 cm³/mol. The number of nitrogens with one attached hydrogen (secondary N) is 1. The molecule has 0 aromatic carbocycles. The van der Waals surface area contributed by atoms with Crippen LogP contribution in [0.2, 0.25) is 0 Å². The monoisotopic (exact) mass is 176 g/mol. The smallest absolute Gasteiger partial charge is 0.0270 e. The van der Waals surface area contributed by atoms with Crippen molar-refractivity contribution in [1.82, 2.24) is 10.3 Å². The molecule has 0 atom stereocenters. The number of rotatable bonds is 4. The minimum absolute atomic E-state index is 0.443. The van der Waals surface area contributed by atoms with Crippen LogP contribution < -0.4 is 5.32 Å². The molecule has 2 rings (SSSR count). The lowest BCUT2D eigenvalue weighted by Gasteiger charge is -2.15. The Morgan fingerprint density at radius 3 is 2.62 bits per heavy atom. The number of hydrogen-bond donors (Lipinski definition) is 1. The first kappa shape index (κ1) is 8.70. The fraction of sp³-hybridized carbons (Fsp3) is 0.545. The highest BCUT2D eigenvalue weighted by Crippen LogP contribution is 2.47. The van der Waals surface area contributed by atoms with Gasteiger partial charge < -0.3 is 5.32 Å². The van der Waals surface area contributed by atoms with Crippen LogP contribution in [0, 0.1) is 0 Å². The summed E-state index contributed by atoms with van der Waals surface area (Å²) in [6, 6.07) is 4.29. The predicted octanol–water partition coefficient (Wildman–Crippen LogP) is 1.72. The molecule has 0 unspecified atom stereocenters. The number of hydrogen-bond acceptors (Lipinski definition) is 2. The second kappa shape index (κ2) is 3.46. The quantitative estimate of drug-likeness (QED) is 0.755.